The third kappa shape index (κ3) is 3.70. The zero-order valence-corrected chi connectivity index (χ0v) is 13.1. The lowest BCUT2D eigenvalue weighted by molar-refractivity contribution is -0.123. The molecule has 1 amide bonds. The SMILES string of the molecule is COc1ccccc1CNC(=O)C1CC(c2ccccc2)NN1. The van der Waals surface area contributed by atoms with Crippen LogP contribution in [0.1, 0.15) is 23.6 Å². The largest absolute Gasteiger partial charge is 0.496 e. The number of hydrogen-bond acceptors (Lipinski definition) is 4. The second kappa shape index (κ2) is 7.26. The number of nitrogens with one attached hydrogen (secondary N) is 3. The first-order chi connectivity index (χ1) is 11.3. The van der Waals surface area contributed by atoms with Gasteiger partial charge in [-0.05, 0) is 18.1 Å². The predicted molar refractivity (Wildman–Crippen MR) is 88.7 cm³/mol. The molecule has 0 spiro atoms. The van der Waals surface area contributed by atoms with Gasteiger partial charge < -0.3 is 10.1 Å². The number of ether oxygens (including phenoxy) is 1. The molecule has 5 nitrogen and oxygen atoms in total. The Morgan fingerprint density at radius 2 is 1.87 bits per heavy atom. The topological polar surface area (TPSA) is 62.4 Å². The Balaban J connectivity index is 1.55. The maximum atomic E-state index is 12.3. The first kappa shape index (κ1) is 15.5. The summed E-state index contributed by atoms with van der Waals surface area (Å²) in [6.45, 7) is 0.455. The van der Waals surface area contributed by atoms with Crippen LogP contribution in [0.5, 0.6) is 5.75 Å². The van der Waals surface area contributed by atoms with E-state index in [9.17, 15) is 4.79 Å². The number of amides is 1. The van der Waals surface area contributed by atoms with E-state index in [0.717, 1.165) is 17.7 Å². The van der Waals surface area contributed by atoms with Gasteiger partial charge in [-0.2, -0.15) is 0 Å². The summed E-state index contributed by atoms with van der Waals surface area (Å²) in [6.07, 6.45) is 0.724. The van der Waals surface area contributed by atoms with Gasteiger partial charge in [-0.3, -0.25) is 4.79 Å². The Kier molecular flexibility index (Phi) is 4.90. The van der Waals surface area contributed by atoms with Gasteiger partial charge in [0, 0.05) is 18.2 Å². The van der Waals surface area contributed by atoms with Crippen LogP contribution in [-0.2, 0) is 11.3 Å². The van der Waals surface area contributed by atoms with E-state index in [1.165, 1.54) is 5.56 Å². The lowest BCUT2D eigenvalue weighted by atomic mass is 10.0. The van der Waals surface area contributed by atoms with E-state index in [2.05, 4.69) is 28.3 Å². The van der Waals surface area contributed by atoms with Crippen molar-refractivity contribution in [3.63, 3.8) is 0 Å². The Hall–Kier alpha value is -2.37. The van der Waals surface area contributed by atoms with Crippen molar-refractivity contribution in [3.05, 3.63) is 65.7 Å². The van der Waals surface area contributed by atoms with Crippen LogP contribution in [0.4, 0.5) is 0 Å². The minimum absolute atomic E-state index is 0.0122. The van der Waals surface area contributed by atoms with Gasteiger partial charge in [0.05, 0.1) is 7.11 Å². The molecule has 3 rings (SSSR count). The summed E-state index contributed by atoms with van der Waals surface area (Å²) in [5, 5.41) is 2.97. The summed E-state index contributed by atoms with van der Waals surface area (Å²) in [6, 6.07) is 17.7. The Labute approximate surface area is 136 Å². The van der Waals surface area contributed by atoms with E-state index >= 15 is 0 Å². The van der Waals surface area contributed by atoms with Crippen LogP contribution >= 0.6 is 0 Å². The maximum Gasteiger partial charge on any atom is 0.238 e. The molecule has 1 saturated heterocycles. The third-order valence-corrected chi connectivity index (χ3v) is 4.07. The van der Waals surface area contributed by atoms with Crippen LogP contribution in [0, 0.1) is 0 Å². The maximum absolute atomic E-state index is 12.3. The molecule has 2 aromatic carbocycles. The molecule has 2 unspecified atom stereocenters. The molecule has 0 aromatic heterocycles. The van der Waals surface area contributed by atoms with E-state index in [4.69, 9.17) is 4.74 Å². The first-order valence-electron chi connectivity index (χ1n) is 7.73. The van der Waals surface area contributed by atoms with Crippen LogP contribution < -0.4 is 20.9 Å². The second-order valence-electron chi connectivity index (χ2n) is 5.57. The normalized spacial score (nSPS) is 20.2. The van der Waals surface area contributed by atoms with Crippen molar-refractivity contribution in [1.29, 1.82) is 0 Å². The number of para-hydroxylation sites is 1. The Bertz CT molecular complexity index is 660. The van der Waals surface area contributed by atoms with Crippen LogP contribution in [0.3, 0.4) is 0 Å². The van der Waals surface area contributed by atoms with Gasteiger partial charge in [-0.15, -0.1) is 0 Å². The fourth-order valence-corrected chi connectivity index (χ4v) is 2.79. The fourth-order valence-electron chi connectivity index (χ4n) is 2.79. The standard InChI is InChI=1S/C18H21N3O2/c1-23-17-10-6-5-9-14(17)12-19-18(22)16-11-15(20-21-16)13-7-3-2-4-8-13/h2-10,15-16,20-21H,11-12H2,1H3,(H,19,22). The molecule has 1 fully saturated rings. The number of hydrazine groups is 1. The Morgan fingerprint density at radius 1 is 1.13 bits per heavy atom. The lowest BCUT2D eigenvalue weighted by Crippen LogP contribution is -2.42. The number of hydrogen-bond donors (Lipinski definition) is 3. The number of carbonyl (C=O) groups excluding carboxylic acids is 1. The summed E-state index contributed by atoms with van der Waals surface area (Å²) in [5.41, 5.74) is 8.41. The monoisotopic (exact) mass is 311 g/mol. The number of rotatable bonds is 5. The fraction of sp³-hybridized carbons (Fsp3) is 0.278. The van der Waals surface area contributed by atoms with Gasteiger partial charge in [0.2, 0.25) is 5.91 Å². The Morgan fingerprint density at radius 3 is 2.65 bits per heavy atom. The van der Waals surface area contributed by atoms with Crippen LogP contribution in [0.2, 0.25) is 0 Å². The summed E-state index contributed by atoms with van der Waals surface area (Å²) in [7, 11) is 1.63. The van der Waals surface area contributed by atoms with Crippen LogP contribution in [-0.4, -0.2) is 19.1 Å². The average Bonchev–Trinajstić information content (AvgIpc) is 3.11. The predicted octanol–water partition coefficient (Wildman–Crippen LogP) is 1.92. The molecule has 1 aliphatic heterocycles. The van der Waals surface area contributed by atoms with Gasteiger partial charge in [0.1, 0.15) is 11.8 Å². The molecule has 1 aliphatic rings. The summed E-state index contributed by atoms with van der Waals surface area (Å²) in [5.74, 6) is 0.773. The van der Waals surface area contributed by atoms with Gasteiger partial charge in [0.15, 0.2) is 0 Å². The summed E-state index contributed by atoms with van der Waals surface area (Å²) in [4.78, 5) is 12.3. The van der Waals surface area contributed by atoms with Crippen LogP contribution in [0.25, 0.3) is 0 Å². The van der Waals surface area contributed by atoms with E-state index in [-0.39, 0.29) is 18.0 Å². The molecule has 3 N–H and O–H groups in total. The third-order valence-electron chi connectivity index (χ3n) is 4.07. The molecule has 2 aromatic rings. The minimum Gasteiger partial charge on any atom is -0.496 e. The molecule has 2 atom stereocenters. The van der Waals surface area contributed by atoms with Gasteiger partial charge in [-0.1, -0.05) is 48.5 Å². The summed E-state index contributed by atoms with van der Waals surface area (Å²) < 4.78 is 5.30. The van der Waals surface area contributed by atoms with Gasteiger partial charge >= 0.3 is 0 Å². The highest BCUT2D eigenvalue weighted by Crippen LogP contribution is 2.22. The molecule has 0 bridgehead atoms. The van der Waals surface area contributed by atoms with E-state index in [1.54, 1.807) is 7.11 Å². The van der Waals surface area contributed by atoms with Crippen molar-refractivity contribution in [2.24, 2.45) is 0 Å². The van der Waals surface area contributed by atoms with E-state index in [0.29, 0.717) is 6.54 Å². The molecular formula is C18H21N3O2. The number of methoxy groups -OCH3 is 1. The van der Waals surface area contributed by atoms with Crippen molar-refractivity contribution in [2.75, 3.05) is 7.11 Å². The smallest absolute Gasteiger partial charge is 0.238 e. The summed E-state index contributed by atoms with van der Waals surface area (Å²) >= 11 is 0. The molecule has 0 saturated carbocycles. The van der Waals surface area contributed by atoms with Crippen molar-refractivity contribution >= 4 is 5.91 Å². The molecular weight excluding hydrogens is 290 g/mol. The molecule has 23 heavy (non-hydrogen) atoms. The minimum atomic E-state index is -0.241. The van der Waals surface area contributed by atoms with Gasteiger partial charge in [0.25, 0.3) is 0 Å². The molecule has 0 aliphatic carbocycles. The van der Waals surface area contributed by atoms with E-state index < -0.39 is 0 Å². The highest BCUT2D eigenvalue weighted by molar-refractivity contribution is 5.82. The molecule has 120 valence electrons. The number of benzene rings is 2. The highest BCUT2D eigenvalue weighted by atomic mass is 16.5. The van der Waals surface area contributed by atoms with Crippen molar-refractivity contribution in [3.8, 4) is 5.75 Å². The van der Waals surface area contributed by atoms with Gasteiger partial charge in [-0.25, -0.2) is 10.9 Å². The molecule has 0 radical (unpaired) electrons. The van der Waals surface area contributed by atoms with E-state index in [1.807, 2.05) is 42.5 Å². The first-order valence-corrected chi connectivity index (χ1v) is 7.73. The zero-order valence-electron chi connectivity index (χ0n) is 13.1. The molecule has 1 heterocycles. The van der Waals surface area contributed by atoms with Crippen LogP contribution in [0.15, 0.2) is 54.6 Å². The molecule has 5 heteroatoms. The number of carbonyl (C=O) groups is 1. The lowest BCUT2D eigenvalue weighted by Gasteiger charge is -2.12. The van der Waals surface area contributed by atoms with Crippen molar-refractivity contribution < 1.29 is 9.53 Å². The highest BCUT2D eigenvalue weighted by Gasteiger charge is 2.29. The van der Waals surface area contributed by atoms with Crippen molar-refractivity contribution in [2.45, 2.75) is 25.0 Å². The average molecular weight is 311 g/mol. The zero-order chi connectivity index (χ0) is 16.1. The van der Waals surface area contributed by atoms with Crippen molar-refractivity contribution in [1.82, 2.24) is 16.2 Å². The quantitative estimate of drug-likeness (QED) is 0.789. The second-order valence-corrected chi connectivity index (χ2v) is 5.57.